The Morgan fingerprint density at radius 3 is 2.22 bits per heavy atom. The average Bonchev–Trinajstić information content (AvgIpc) is 3.50. The molecule has 1 N–H and O–H groups in total. The number of alkyl halides is 3. The van der Waals surface area contributed by atoms with Crippen LogP contribution < -0.4 is 10.1 Å². The van der Waals surface area contributed by atoms with Gasteiger partial charge >= 0.3 is 12.2 Å². The molecular formula is C36H37Cl2F3N6O3. The molecule has 0 spiro atoms. The van der Waals surface area contributed by atoms with Gasteiger partial charge in [0.1, 0.15) is 17.6 Å². The summed E-state index contributed by atoms with van der Waals surface area (Å²) in [6.45, 7) is 2.95. The van der Waals surface area contributed by atoms with Crippen molar-refractivity contribution in [2.75, 3.05) is 39.8 Å². The number of nitrogens with one attached hydrogen (secondary N) is 1. The number of hydrogen-bond donors (Lipinski definition) is 1. The summed E-state index contributed by atoms with van der Waals surface area (Å²) < 4.78 is 47.1. The van der Waals surface area contributed by atoms with Gasteiger partial charge in [-0.25, -0.2) is 4.79 Å². The second kappa shape index (κ2) is 16.1. The number of carbonyl (C=O) groups is 2. The molecule has 264 valence electrons. The predicted octanol–water partition coefficient (Wildman–Crippen LogP) is 7.50. The Labute approximate surface area is 299 Å². The second-order valence-electron chi connectivity index (χ2n) is 12.1. The van der Waals surface area contributed by atoms with Gasteiger partial charge in [0.15, 0.2) is 0 Å². The van der Waals surface area contributed by atoms with Gasteiger partial charge in [-0.05, 0) is 73.4 Å². The van der Waals surface area contributed by atoms with Gasteiger partial charge in [0.05, 0.1) is 42.8 Å². The first-order chi connectivity index (χ1) is 23.9. The molecule has 5 rings (SSSR count). The summed E-state index contributed by atoms with van der Waals surface area (Å²) in [6, 6.07) is 17.7. The first-order valence-corrected chi connectivity index (χ1v) is 17.0. The van der Waals surface area contributed by atoms with Gasteiger partial charge in [-0.3, -0.25) is 14.7 Å². The van der Waals surface area contributed by atoms with E-state index in [2.05, 4.69) is 5.32 Å². The summed E-state index contributed by atoms with van der Waals surface area (Å²) in [5.74, 6) is 0.00786. The number of amidine groups is 1. The number of likely N-dealkylation sites (N-methyl/N-ethyl adjacent to an activating group) is 1. The van der Waals surface area contributed by atoms with Crippen molar-refractivity contribution < 1.29 is 27.5 Å². The topological polar surface area (TPSA) is 101 Å². The molecule has 0 aliphatic carbocycles. The van der Waals surface area contributed by atoms with E-state index >= 15 is 0 Å². The summed E-state index contributed by atoms with van der Waals surface area (Å²) in [7, 11) is 1.65. The Kier molecular flexibility index (Phi) is 11.9. The summed E-state index contributed by atoms with van der Waals surface area (Å²) in [5.41, 5.74) is 0.842. The number of nitriles is 1. The van der Waals surface area contributed by atoms with Crippen molar-refractivity contribution in [1.82, 2.24) is 20.0 Å². The molecule has 14 heteroatoms. The van der Waals surface area contributed by atoms with Gasteiger partial charge < -0.3 is 19.9 Å². The highest BCUT2D eigenvalue weighted by molar-refractivity contribution is 6.30. The Balaban J connectivity index is 1.50. The minimum absolute atomic E-state index is 0.0209. The molecule has 2 aliphatic heterocycles. The number of aliphatic imine (C=N–C) groups is 1. The zero-order chi connectivity index (χ0) is 36.0. The number of amides is 3. The number of hydrogen-bond acceptors (Lipinski definition) is 6. The van der Waals surface area contributed by atoms with E-state index in [4.69, 9.17) is 38.2 Å². The van der Waals surface area contributed by atoms with Crippen molar-refractivity contribution in [1.29, 1.82) is 5.26 Å². The standard InChI is InChI=1S/C36H37Cl2F3N6O3/c1-3-50-30-21-25(36(39,40)41)9-14-29(30)34-44-32(23-5-10-26(37)11-6-23)33(24-7-12-27(38)13-8-24)47(34)35(49)46-19-15-28(16-20-46)43-22-31(48)45(2)18-4-17-42/h5-14,21,28,32-33,43H,3-4,15-16,18-20,22H2,1-2H3/t32-,33-/m0/s1. The summed E-state index contributed by atoms with van der Waals surface area (Å²) in [6.07, 6.45) is -3.22. The van der Waals surface area contributed by atoms with Crippen LogP contribution in [0.4, 0.5) is 18.0 Å². The number of carbonyl (C=O) groups excluding carboxylic acids is 2. The molecule has 1 fully saturated rings. The number of benzene rings is 3. The number of ether oxygens (including phenoxy) is 1. The van der Waals surface area contributed by atoms with E-state index in [-0.39, 0.29) is 54.7 Å². The van der Waals surface area contributed by atoms with Crippen LogP contribution in [0.3, 0.4) is 0 Å². The van der Waals surface area contributed by atoms with E-state index in [0.717, 1.165) is 23.3 Å². The second-order valence-corrected chi connectivity index (χ2v) is 13.0. The highest BCUT2D eigenvalue weighted by atomic mass is 35.5. The summed E-state index contributed by atoms with van der Waals surface area (Å²) in [5, 5.41) is 13.1. The smallest absolute Gasteiger partial charge is 0.416 e. The van der Waals surface area contributed by atoms with Crippen LogP contribution in [-0.2, 0) is 11.0 Å². The molecule has 1 saturated heterocycles. The van der Waals surface area contributed by atoms with Crippen molar-refractivity contribution in [2.24, 2.45) is 4.99 Å². The molecule has 0 bridgehead atoms. The number of rotatable bonds is 10. The fraction of sp³-hybridized carbons (Fsp3) is 0.389. The maximum Gasteiger partial charge on any atom is 0.416 e. The predicted molar refractivity (Wildman–Crippen MR) is 185 cm³/mol. The van der Waals surface area contributed by atoms with Crippen LogP contribution >= 0.6 is 23.2 Å². The van der Waals surface area contributed by atoms with Crippen LogP contribution in [0.1, 0.15) is 60.5 Å². The highest BCUT2D eigenvalue weighted by Crippen LogP contribution is 2.46. The molecule has 3 aromatic carbocycles. The lowest BCUT2D eigenvalue weighted by molar-refractivity contribution is -0.137. The first kappa shape index (κ1) is 37.0. The van der Waals surface area contributed by atoms with E-state index in [1.807, 2.05) is 30.3 Å². The number of likely N-dealkylation sites (tertiary alicyclic amines) is 1. The zero-order valence-corrected chi connectivity index (χ0v) is 29.1. The molecule has 0 unspecified atom stereocenters. The van der Waals surface area contributed by atoms with E-state index in [9.17, 15) is 22.8 Å². The van der Waals surface area contributed by atoms with Gasteiger partial charge in [0.2, 0.25) is 5.91 Å². The molecule has 50 heavy (non-hydrogen) atoms. The number of urea groups is 1. The van der Waals surface area contributed by atoms with Crippen molar-refractivity contribution in [2.45, 2.75) is 50.5 Å². The maximum absolute atomic E-state index is 14.7. The molecule has 3 amide bonds. The molecular weight excluding hydrogens is 692 g/mol. The lowest BCUT2D eigenvalue weighted by Crippen LogP contribution is -2.52. The first-order valence-electron chi connectivity index (χ1n) is 16.3. The van der Waals surface area contributed by atoms with E-state index in [1.54, 1.807) is 48.0 Å². The third kappa shape index (κ3) is 8.52. The van der Waals surface area contributed by atoms with Crippen LogP contribution in [0.25, 0.3) is 0 Å². The van der Waals surface area contributed by atoms with Crippen LogP contribution in [0.2, 0.25) is 10.0 Å². The normalized spacial score (nSPS) is 18.1. The molecule has 2 heterocycles. The number of piperidine rings is 1. The van der Waals surface area contributed by atoms with E-state index in [1.165, 1.54) is 11.0 Å². The van der Waals surface area contributed by atoms with Gasteiger partial charge in [-0.1, -0.05) is 47.5 Å². The Morgan fingerprint density at radius 2 is 1.64 bits per heavy atom. The third-order valence-corrected chi connectivity index (χ3v) is 9.34. The molecule has 0 saturated carbocycles. The van der Waals surface area contributed by atoms with Crippen molar-refractivity contribution in [3.05, 3.63) is 99.0 Å². The van der Waals surface area contributed by atoms with E-state index in [0.29, 0.717) is 42.5 Å². The lowest BCUT2D eigenvalue weighted by Gasteiger charge is -2.38. The van der Waals surface area contributed by atoms with Gasteiger partial charge in [0, 0.05) is 42.8 Å². The molecule has 9 nitrogen and oxygen atoms in total. The van der Waals surface area contributed by atoms with Crippen LogP contribution in [0.5, 0.6) is 5.75 Å². The molecule has 0 aromatic heterocycles. The van der Waals surface area contributed by atoms with Crippen LogP contribution in [0, 0.1) is 11.3 Å². The SMILES string of the molecule is CCOc1cc(C(F)(F)F)ccc1C1=N[C@@H](c2ccc(Cl)cc2)[C@H](c2ccc(Cl)cc2)N1C(=O)N1CCC(NCC(=O)N(C)CCC#N)CC1. The third-order valence-electron chi connectivity index (χ3n) is 8.84. The fourth-order valence-electron chi connectivity index (χ4n) is 6.15. The van der Waals surface area contributed by atoms with E-state index < -0.39 is 23.8 Å². The zero-order valence-electron chi connectivity index (χ0n) is 27.6. The average molecular weight is 730 g/mol. The Bertz CT molecular complexity index is 1740. The lowest BCUT2D eigenvalue weighted by atomic mass is 9.93. The van der Waals surface area contributed by atoms with Crippen molar-refractivity contribution in [3.8, 4) is 11.8 Å². The minimum atomic E-state index is -4.61. The molecule has 2 aliphatic rings. The monoisotopic (exact) mass is 728 g/mol. The van der Waals surface area contributed by atoms with Crippen LogP contribution in [-0.4, -0.2) is 78.3 Å². The Morgan fingerprint density at radius 1 is 1.02 bits per heavy atom. The van der Waals surface area contributed by atoms with Crippen molar-refractivity contribution in [3.63, 3.8) is 0 Å². The van der Waals surface area contributed by atoms with Gasteiger partial charge in [-0.15, -0.1) is 0 Å². The molecule has 0 radical (unpaired) electrons. The highest BCUT2D eigenvalue weighted by Gasteiger charge is 2.45. The number of halogens is 5. The summed E-state index contributed by atoms with van der Waals surface area (Å²) >= 11 is 12.5. The molecule has 2 atom stereocenters. The quantitative estimate of drug-likeness (QED) is 0.233. The van der Waals surface area contributed by atoms with Gasteiger partial charge in [-0.2, -0.15) is 18.4 Å². The Hall–Kier alpha value is -4.31. The fourth-order valence-corrected chi connectivity index (χ4v) is 6.40. The largest absolute Gasteiger partial charge is 0.493 e. The number of nitrogens with zero attached hydrogens (tertiary/aromatic N) is 5. The minimum Gasteiger partial charge on any atom is -0.493 e. The van der Waals surface area contributed by atoms with Gasteiger partial charge in [0.25, 0.3) is 0 Å². The molecule has 3 aromatic rings. The summed E-state index contributed by atoms with van der Waals surface area (Å²) in [4.78, 5) is 37.0. The maximum atomic E-state index is 14.7. The van der Waals surface area contributed by atoms with Crippen molar-refractivity contribution >= 4 is 41.0 Å². The van der Waals surface area contributed by atoms with Crippen LogP contribution in [0.15, 0.2) is 71.7 Å².